The molecule has 6 rings (SSSR count). The molecule has 1 atom stereocenters. The van der Waals surface area contributed by atoms with Crippen LogP contribution in [-0.4, -0.2) is 19.6 Å². The zero-order chi connectivity index (χ0) is 16.8. The molecule has 0 radical (unpaired) electrons. The molecule has 0 amide bonds. The van der Waals surface area contributed by atoms with E-state index >= 15 is 0 Å². The van der Waals surface area contributed by atoms with Crippen molar-refractivity contribution in [1.82, 2.24) is 0 Å². The van der Waals surface area contributed by atoms with Gasteiger partial charge in [-0.3, -0.25) is 0 Å². The first-order chi connectivity index (χ1) is 12.3. The second-order valence-corrected chi connectivity index (χ2v) is 9.13. The predicted octanol–water partition coefficient (Wildman–Crippen LogP) is 3.84. The van der Waals surface area contributed by atoms with Gasteiger partial charge in [0.1, 0.15) is 0 Å². The van der Waals surface area contributed by atoms with Crippen molar-refractivity contribution in [2.24, 2.45) is 5.92 Å². The third-order valence-electron chi connectivity index (χ3n) is 5.57. The summed E-state index contributed by atoms with van der Waals surface area (Å²) < 4.78 is 1.63. The molecule has 2 bridgehead atoms. The van der Waals surface area contributed by atoms with Crippen molar-refractivity contribution in [2.75, 3.05) is 0 Å². The quantitative estimate of drug-likeness (QED) is 0.622. The van der Waals surface area contributed by atoms with Gasteiger partial charge in [-0.25, -0.2) is 0 Å². The van der Waals surface area contributed by atoms with Gasteiger partial charge in [0.25, 0.3) is 0 Å². The van der Waals surface area contributed by atoms with Crippen LogP contribution in [0.25, 0.3) is 0 Å². The standard InChI is InChI=1S/C23H18OSe/c24-23(25-15-8-2-1-3-9-15)21-14-20-16-10-4-6-12-18(16)22(21)19-13-7-5-11-17(19)20/h1-13,20-22H,14H2. The molecule has 3 aromatic rings. The summed E-state index contributed by atoms with van der Waals surface area (Å²) in [5.74, 6) is 0.725. The molecule has 0 aliphatic heterocycles. The number of fused-ring (bicyclic) bond motifs is 1. The SMILES string of the molecule is O=C([Se]c1ccccc1)C1CC2c3ccccc3C1c1ccccc12. The zero-order valence-electron chi connectivity index (χ0n) is 13.8. The fraction of sp³-hybridized carbons (Fsp3) is 0.174. The Hall–Kier alpha value is -2.15. The van der Waals surface area contributed by atoms with Crippen molar-refractivity contribution >= 4 is 24.1 Å². The Labute approximate surface area is 154 Å². The summed E-state index contributed by atoms with van der Waals surface area (Å²) in [4.78, 5) is 13.2. The summed E-state index contributed by atoms with van der Waals surface area (Å²) >= 11 is -0.104. The summed E-state index contributed by atoms with van der Waals surface area (Å²) in [5, 5.41) is 0. The molecule has 0 saturated heterocycles. The summed E-state index contributed by atoms with van der Waals surface area (Å²) in [5.41, 5.74) is 5.62. The number of carbonyl (C=O) groups is 1. The minimum absolute atomic E-state index is 0.104. The second kappa shape index (κ2) is 5.98. The molecule has 2 heteroatoms. The molecule has 3 aromatic carbocycles. The molecule has 25 heavy (non-hydrogen) atoms. The van der Waals surface area contributed by atoms with Crippen LogP contribution < -0.4 is 4.46 Å². The van der Waals surface area contributed by atoms with Crippen molar-refractivity contribution in [3.8, 4) is 0 Å². The fourth-order valence-corrected chi connectivity index (χ4v) is 6.46. The van der Waals surface area contributed by atoms with Gasteiger partial charge in [0.15, 0.2) is 0 Å². The molecule has 0 spiro atoms. The predicted molar refractivity (Wildman–Crippen MR) is 102 cm³/mol. The van der Waals surface area contributed by atoms with E-state index in [4.69, 9.17) is 0 Å². The Morgan fingerprint density at radius 2 is 1.24 bits per heavy atom. The second-order valence-electron chi connectivity index (χ2n) is 6.86. The third-order valence-corrected chi connectivity index (χ3v) is 7.69. The maximum absolute atomic E-state index is 13.2. The van der Waals surface area contributed by atoms with Gasteiger partial charge in [-0.1, -0.05) is 0 Å². The van der Waals surface area contributed by atoms with Gasteiger partial charge in [-0.2, -0.15) is 0 Å². The van der Waals surface area contributed by atoms with E-state index in [1.54, 1.807) is 0 Å². The molecular formula is C23H18OSe. The van der Waals surface area contributed by atoms with Crippen LogP contribution in [0.5, 0.6) is 0 Å². The maximum atomic E-state index is 13.2. The Kier molecular flexibility index (Phi) is 3.62. The van der Waals surface area contributed by atoms with Gasteiger partial charge >= 0.3 is 154 Å². The van der Waals surface area contributed by atoms with E-state index in [9.17, 15) is 4.79 Å². The van der Waals surface area contributed by atoms with Crippen LogP contribution in [-0.2, 0) is 4.79 Å². The molecule has 1 unspecified atom stereocenters. The van der Waals surface area contributed by atoms with Crippen LogP contribution in [0.3, 0.4) is 0 Å². The Bertz CT molecular complexity index is 900. The number of rotatable bonds is 3. The van der Waals surface area contributed by atoms with E-state index in [-0.39, 0.29) is 26.8 Å². The minimum atomic E-state index is -0.104. The summed E-state index contributed by atoms with van der Waals surface area (Å²) in [7, 11) is 0. The average Bonchev–Trinajstić information content (AvgIpc) is 2.69. The number of hydrogen-bond acceptors (Lipinski definition) is 1. The number of benzene rings is 3. The molecule has 0 fully saturated rings. The molecule has 0 N–H and O–H groups in total. The monoisotopic (exact) mass is 390 g/mol. The molecule has 0 aromatic heterocycles. The van der Waals surface area contributed by atoms with Gasteiger partial charge in [-0.15, -0.1) is 0 Å². The molecule has 3 aliphatic rings. The van der Waals surface area contributed by atoms with Gasteiger partial charge < -0.3 is 0 Å². The van der Waals surface area contributed by atoms with E-state index in [2.05, 4.69) is 60.7 Å². The van der Waals surface area contributed by atoms with Crippen molar-refractivity contribution in [3.63, 3.8) is 0 Å². The number of carbonyl (C=O) groups excluding carboxylic acids is 1. The van der Waals surface area contributed by atoms with Crippen LogP contribution in [0.4, 0.5) is 0 Å². The molecule has 1 nitrogen and oxygen atoms in total. The summed E-state index contributed by atoms with van der Waals surface area (Å²) in [6.45, 7) is 0. The summed E-state index contributed by atoms with van der Waals surface area (Å²) in [6, 6.07) is 27.7. The van der Waals surface area contributed by atoms with E-state index in [0.29, 0.717) is 10.6 Å². The van der Waals surface area contributed by atoms with Crippen molar-refractivity contribution in [3.05, 3.63) is 101 Å². The Morgan fingerprint density at radius 1 is 0.720 bits per heavy atom. The molecule has 0 saturated carbocycles. The topological polar surface area (TPSA) is 17.1 Å². The van der Waals surface area contributed by atoms with Crippen LogP contribution in [0, 0.1) is 5.92 Å². The van der Waals surface area contributed by atoms with Crippen molar-refractivity contribution in [1.29, 1.82) is 0 Å². The van der Waals surface area contributed by atoms with E-state index < -0.39 is 0 Å². The Morgan fingerprint density at radius 3 is 1.84 bits per heavy atom. The molecule has 3 aliphatic carbocycles. The van der Waals surface area contributed by atoms with E-state index in [1.165, 1.54) is 26.7 Å². The first kappa shape index (κ1) is 15.1. The van der Waals surface area contributed by atoms with Crippen LogP contribution in [0.15, 0.2) is 78.9 Å². The number of hydrogen-bond donors (Lipinski definition) is 0. The average molecular weight is 389 g/mol. The van der Waals surface area contributed by atoms with Gasteiger partial charge in [-0.05, 0) is 0 Å². The summed E-state index contributed by atoms with van der Waals surface area (Å²) in [6.07, 6.45) is 0.964. The fourth-order valence-electron chi connectivity index (χ4n) is 4.55. The first-order valence-corrected chi connectivity index (χ1v) is 10.5. The van der Waals surface area contributed by atoms with Gasteiger partial charge in [0.05, 0.1) is 0 Å². The molecule has 122 valence electrons. The molecular weight excluding hydrogens is 371 g/mol. The molecule has 0 heterocycles. The van der Waals surface area contributed by atoms with Crippen LogP contribution >= 0.6 is 0 Å². The van der Waals surface area contributed by atoms with Gasteiger partial charge in [0.2, 0.25) is 0 Å². The first-order valence-electron chi connectivity index (χ1n) is 8.77. The van der Waals surface area contributed by atoms with Crippen molar-refractivity contribution in [2.45, 2.75) is 18.3 Å². The van der Waals surface area contributed by atoms with E-state index in [0.717, 1.165) is 6.42 Å². The zero-order valence-corrected chi connectivity index (χ0v) is 15.5. The van der Waals surface area contributed by atoms with Crippen LogP contribution in [0.1, 0.15) is 40.5 Å². The normalized spacial score (nSPS) is 23.0. The van der Waals surface area contributed by atoms with Crippen LogP contribution in [0.2, 0.25) is 0 Å². The third kappa shape index (κ3) is 2.40. The van der Waals surface area contributed by atoms with Crippen molar-refractivity contribution < 1.29 is 4.79 Å². The van der Waals surface area contributed by atoms with Gasteiger partial charge in [0, 0.05) is 0 Å². The Balaban J connectivity index is 1.57. The van der Waals surface area contributed by atoms with E-state index in [1.807, 2.05) is 18.2 Å².